The summed E-state index contributed by atoms with van der Waals surface area (Å²) < 4.78 is 25.2. The van der Waals surface area contributed by atoms with Crippen molar-refractivity contribution < 1.29 is 23.4 Å². The molecule has 1 heterocycles. The van der Waals surface area contributed by atoms with Crippen molar-refractivity contribution in [1.82, 2.24) is 15.5 Å². The number of hydrogen-bond donors (Lipinski definition) is 4. The van der Waals surface area contributed by atoms with Gasteiger partial charge in [0.1, 0.15) is 0 Å². The molecule has 0 spiro atoms. The van der Waals surface area contributed by atoms with E-state index in [9.17, 15) is 18.7 Å². The normalized spacial score (nSPS) is 41.9. The number of carbonyl (C=O) groups is 2. The number of carbonyl (C=O) groups excluding carboxylic acids is 2. The Kier molecular flexibility index (Phi) is 9.64. The molecule has 1 aromatic carbocycles. The molecule has 5 aliphatic carbocycles. The fourth-order valence-electron chi connectivity index (χ4n) is 13.8. The molecule has 9 atom stereocenters. The Morgan fingerprint density at radius 2 is 1.61 bits per heavy atom. The van der Waals surface area contributed by atoms with Crippen LogP contribution in [-0.2, 0) is 9.53 Å². The molecule has 4 N–H and O–H groups in total. The van der Waals surface area contributed by atoms with Gasteiger partial charge in [-0.2, -0.15) is 10.6 Å². The smallest absolute Gasteiger partial charge is 0.337 e. The van der Waals surface area contributed by atoms with E-state index in [4.69, 9.17) is 4.74 Å². The Balaban J connectivity index is 1.15. The molecule has 0 bridgehead atoms. The van der Waals surface area contributed by atoms with Crippen molar-refractivity contribution in [3.63, 3.8) is 0 Å². The molecular weight excluding hydrogens is 659 g/mol. The minimum atomic E-state index is -2.40. The van der Waals surface area contributed by atoms with E-state index in [0.717, 1.165) is 51.9 Å². The molecular formula is C42H65N3O5S. The number of rotatable bonds is 7. The maximum absolute atomic E-state index is 13.6. The van der Waals surface area contributed by atoms with Gasteiger partial charge in [0.05, 0.1) is 24.2 Å². The van der Waals surface area contributed by atoms with Crippen LogP contribution in [0.3, 0.4) is 0 Å². The SMILES string of the molecule is CNC(=O)[C@@H]1CC[C@]2(NCCN3CCS(O)(O)CC3)CC[C@]3(C)[C@H](CC[C@@H]4[C@@]5(C)CC=C(c6ccc(C(=O)OC)cc6)C(C)(C)[C@@H]5CC[C@]43C)[C@@H]12. The maximum atomic E-state index is 13.6. The first-order valence-corrected chi connectivity index (χ1v) is 21.8. The van der Waals surface area contributed by atoms with Gasteiger partial charge in [-0.25, -0.2) is 4.79 Å². The first kappa shape index (κ1) is 37.4. The lowest BCUT2D eigenvalue weighted by molar-refractivity contribution is -0.220. The summed E-state index contributed by atoms with van der Waals surface area (Å²) >= 11 is 0. The van der Waals surface area contributed by atoms with Crippen molar-refractivity contribution in [3.8, 4) is 0 Å². The summed E-state index contributed by atoms with van der Waals surface area (Å²) in [6.07, 6.45) is 12.8. The van der Waals surface area contributed by atoms with Crippen LogP contribution < -0.4 is 10.6 Å². The third-order valence-corrected chi connectivity index (χ3v) is 18.3. The van der Waals surface area contributed by atoms with Gasteiger partial charge in [-0.3, -0.25) is 18.8 Å². The molecule has 1 saturated heterocycles. The number of nitrogens with zero attached hydrogens (tertiary/aromatic N) is 1. The van der Waals surface area contributed by atoms with Gasteiger partial charge in [-0.15, -0.1) is 0 Å². The molecule has 0 radical (unpaired) electrons. The van der Waals surface area contributed by atoms with Crippen LogP contribution in [0, 0.1) is 51.2 Å². The zero-order valence-corrected chi connectivity index (χ0v) is 33.2. The van der Waals surface area contributed by atoms with E-state index in [0.29, 0.717) is 40.7 Å². The minimum absolute atomic E-state index is 0.00574. The zero-order chi connectivity index (χ0) is 36.6. The number of methoxy groups -OCH3 is 1. The van der Waals surface area contributed by atoms with Gasteiger partial charge < -0.3 is 15.4 Å². The highest BCUT2D eigenvalue weighted by molar-refractivity contribution is 8.24. The topological polar surface area (TPSA) is 111 Å². The van der Waals surface area contributed by atoms with E-state index >= 15 is 0 Å². The number of esters is 1. The molecule has 5 fully saturated rings. The maximum Gasteiger partial charge on any atom is 0.337 e. The molecule has 6 aliphatic rings. The predicted molar refractivity (Wildman–Crippen MR) is 207 cm³/mol. The predicted octanol–water partition coefficient (Wildman–Crippen LogP) is 7.70. The van der Waals surface area contributed by atoms with Crippen LogP contribution in [0.5, 0.6) is 0 Å². The standard InChI is InChI=1S/C42H65N3O5S/c1-38(2)31(28-8-10-29(11-9-28)37(47)50-7)15-17-39(3)33(38)16-18-41(5)34(39)13-12-32-35-30(36(46)43-6)14-19-42(35,21-20-40(32,41)4)44-22-23-45-24-26-51(48,49)27-25-45/h8-11,15,30,32-35,44,48-49H,12-14,16-27H2,1-7H3,(H,43,46)/t30-,32-,33+,34-,35-,39+,40-,41-,42+/m1/s1. The third-order valence-electron chi connectivity index (χ3n) is 16.6. The summed E-state index contributed by atoms with van der Waals surface area (Å²) in [5.41, 5.74) is 3.77. The molecule has 8 nitrogen and oxygen atoms in total. The lowest BCUT2D eigenvalue weighted by atomic mass is 9.33. The second-order valence-corrected chi connectivity index (χ2v) is 21.1. The van der Waals surface area contributed by atoms with Crippen molar-refractivity contribution in [2.75, 3.05) is 51.8 Å². The average Bonchev–Trinajstić information content (AvgIpc) is 3.48. The minimum Gasteiger partial charge on any atom is -0.465 e. The summed E-state index contributed by atoms with van der Waals surface area (Å²) in [6.45, 7) is 16.1. The highest BCUT2D eigenvalue weighted by atomic mass is 32.3. The van der Waals surface area contributed by atoms with Crippen LogP contribution in [0.2, 0.25) is 0 Å². The Bertz CT molecular complexity index is 1530. The Labute approximate surface area is 308 Å². The Morgan fingerprint density at radius 3 is 2.27 bits per heavy atom. The molecule has 7 rings (SSSR count). The number of amides is 1. The van der Waals surface area contributed by atoms with Gasteiger partial charge in [-0.05, 0) is 126 Å². The number of nitrogens with one attached hydrogen (secondary N) is 2. The van der Waals surface area contributed by atoms with E-state index < -0.39 is 10.6 Å². The molecule has 0 aromatic heterocycles. The van der Waals surface area contributed by atoms with Crippen LogP contribution in [0.15, 0.2) is 30.3 Å². The lowest BCUT2D eigenvalue weighted by Crippen LogP contribution is -2.68. The molecule has 1 amide bonds. The highest BCUT2D eigenvalue weighted by Gasteiger charge is 2.70. The summed E-state index contributed by atoms with van der Waals surface area (Å²) in [5, 5.41) is 7.21. The van der Waals surface area contributed by atoms with E-state index in [-0.39, 0.29) is 45.0 Å². The van der Waals surface area contributed by atoms with Gasteiger partial charge in [0, 0.05) is 44.7 Å². The van der Waals surface area contributed by atoms with Crippen LogP contribution in [0.25, 0.3) is 5.57 Å². The van der Waals surface area contributed by atoms with E-state index in [1.54, 1.807) is 0 Å². The van der Waals surface area contributed by atoms with Gasteiger partial charge >= 0.3 is 5.97 Å². The number of benzene rings is 1. The van der Waals surface area contributed by atoms with Crippen molar-refractivity contribution >= 4 is 28.0 Å². The van der Waals surface area contributed by atoms with Crippen molar-refractivity contribution in [3.05, 3.63) is 41.5 Å². The summed E-state index contributed by atoms with van der Waals surface area (Å²) in [7, 11) is 0.856. The molecule has 284 valence electrons. The fraction of sp³-hybridized carbons (Fsp3) is 0.762. The second kappa shape index (κ2) is 13.1. The molecule has 51 heavy (non-hydrogen) atoms. The van der Waals surface area contributed by atoms with Gasteiger partial charge in [0.15, 0.2) is 0 Å². The summed E-state index contributed by atoms with van der Waals surface area (Å²) in [4.78, 5) is 28.2. The van der Waals surface area contributed by atoms with Crippen molar-refractivity contribution in [2.45, 2.75) is 97.9 Å². The number of ether oxygens (including phenoxy) is 1. The molecule has 1 aromatic rings. The van der Waals surface area contributed by atoms with Crippen LogP contribution in [0.1, 0.15) is 108 Å². The molecule has 9 heteroatoms. The van der Waals surface area contributed by atoms with E-state index in [1.165, 1.54) is 50.4 Å². The van der Waals surface area contributed by atoms with E-state index in [1.807, 2.05) is 19.2 Å². The number of hydrogen-bond acceptors (Lipinski definition) is 7. The summed E-state index contributed by atoms with van der Waals surface area (Å²) in [5.74, 6) is 2.97. The van der Waals surface area contributed by atoms with E-state index in [2.05, 4.69) is 68.4 Å². The fourth-order valence-corrected chi connectivity index (χ4v) is 15.1. The largest absolute Gasteiger partial charge is 0.465 e. The zero-order valence-electron chi connectivity index (χ0n) is 32.4. The monoisotopic (exact) mass is 723 g/mol. The van der Waals surface area contributed by atoms with Crippen LogP contribution >= 0.6 is 10.6 Å². The first-order valence-electron chi connectivity index (χ1n) is 19.9. The molecule has 1 aliphatic heterocycles. The third kappa shape index (κ3) is 5.86. The van der Waals surface area contributed by atoms with Gasteiger partial charge in [0.2, 0.25) is 5.91 Å². The van der Waals surface area contributed by atoms with Gasteiger partial charge in [0.25, 0.3) is 0 Å². The number of allylic oxidation sites excluding steroid dienone is 2. The lowest BCUT2D eigenvalue weighted by Gasteiger charge is -2.72. The Morgan fingerprint density at radius 1 is 0.902 bits per heavy atom. The van der Waals surface area contributed by atoms with Crippen LogP contribution in [-0.4, -0.2) is 83.3 Å². The highest BCUT2D eigenvalue weighted by Crippen LogP contribution is 2.76. The average molecular weight is 724 g/mol. The van der Waals surface area contributed by atoms with Crippen molar-refractivity contribution in [1.29, 1.82) is 0 Å². The molecule has 0 unspecified atom stereocenters. The second-order valence-electron chi connectivity index (χ2n) is 18.7. The van der Waals surface area contributed by atoms with Crippen LogP contribution in [0.4, 0.5) is 0 Å². The first-order chi connectivity index (χ1) is 24.1. The van der Waals surface area contributed by atoms with Gasteiger partial charge in [-0.1, -0.05) is 52.8 Å². The molecule has 4 saturated carbocycles. The van der Waals surface area contributed by atoms with Crippen molar-refractivity contribution in [2.24, 2.45) is 51.2 Å². The summed E-state index contributed by atoms with van der Waals surface area (Å²) in [6, 6.07) is 8.03. The Hall–Kier alpha value is -1.91. The number of fused-ring (bicyclic) bond motifs is 7. The quantitative estimate of drug-likeness (QED) is 0.214.